The Labute approximate surface area is 139 Å². The molecule has 0 spiro atoms. The Hall–Kier alpha value is -2.05. The summed E-state index contributed by atoms with van der Waals surface area (Å²) in [4.78, 5) is 25.4. The summed E-state index contributed by atoms with van der Waals surface area (Å²) in [5.41, 5.74) is -0.314. The maximum absolute atomic E-state index is 12.5. The third-order valence-corrected chi connectivity index (χ3v) is 4.02. The van der Waals surface area contributed by atoms with Crippen molar-refractivity contribution >= 4 is 11.9 Å². The van der Waals surface area contributed by atoms with Crippen molar-refractivity contribution < 1.29 is 22.8 Å². The van der Waals surface area contributed by atoms with Crippen LogP contribution in [0.1, 0.15) is 38.3 Å². The van der Waals surface area contributed by atoms with Gasteiger partial charge < -0.3 is 5.32 Å². The van der Waals surface area contributed by atoms with Crippen LogP contribution in [0, 0.1) is 5.41 Å². The number of benzene rings is 1. The van der Waals surface area contributed by atoms with Crippen molar-refractivity contribution in [3.63, 3.8) is 0 Å². The van der Waals surface area contributed by atoms with Gasteiger partial charge in [0.15, 0.2) is 0 Å². The number of amides is 3. The molecule has 1 N–H and O–H groups in total. The summed E-state index contributed by atoms with van der Waals surface area (Å²) in [6, 6.07) is 3.97. The van der Waals surface area contributed by atoms with Gasteiger partial charge >= 0.3 is 12.2 Å². The number of nitrogens with one attached hydrogen (secondary N) is 1. The van der Waals surface area contributed by atoms with Crippen LogP contribution in [-0.4, -0.2) is 29.4 Å². The third kappa shape index (κ3) is 4.07. The van der Waals surface area contributed by atoms with E-state index in [-0.39, 0.29) is 17.9 Å². The molecule has 1 aromatic carbocycles. The van der Waals surface area contributed by atoms with Crippen molar-refractivity contribution in [2.75, 3.05) is 6.54 Å². The zero-order valence-electron chi connectivity index (χ0n) is 13.9. The van der Waals surface area contributed by atoms with Crippen molar-refractivity contribution in [1.82, 2.24) is 10.2 Å². The molecule has 7 heteroatoms. The van der Waals surface area contributed by atoms with Gasteiger partial charge in [0.1, 0.15) is 6.04 Å². The molecule has 4 nitrogen and oxygen atoms in total. The number of aryl methyl sites for hydroxylation is 1. The molecule has 24 heavy (non-hydrogen) atoms. The van der Waals surface area contributed by atoms with E-state index in [0.29, 0.717) is 12.8 Å². The second-order valence-corrected chi connectivity index (χ2v) is 7.04. The molecule has 132 valence electrons. The molecule has 0 bridgehead atoms. The molecule has 3 amide bonds. The van der Waals surface area contributed by atoms with Crippen LogP contribution in [0.2, 0.25) is 0 Å². The number of rotatable bonds is 4. The molecule has 1 atom stereocenters. The molecule has 1 heterocycles. The summed E-state index contributed by atoms with van der Waals surface area (Å²) in [5.74, 6) is -0.250. The molecular weight excluding hydrogens is 321 g/mol. The summed E-state index contributed by atoms with van der Waals surface area (Å²) in [6.45, 7) is 5.88. The first kappa shape index (κ1) is 18.3. The van der Waals surface area contributed by atoms with E-state index in [1.54, 1.807) is 0 Å². The summed E-state index contributed by atoms with van der Waals surface area (Å²) < 4.78 is 37.5. The van der Waals surface area contributed by atoms with E-state index < -0.39 is 23.8 Å². The molecular formula is C17H21F3N2O2. The minimum Gasteiger partial charge on any atom is -0.325 e. The SMILES string of the molecule is CC(C)(C)C1NC(=O)N(CCCc2ccc(C(F)(F)F)cc2)C1=O. The maximum atomic E-state index is 12.5. The molecule has 1 aliphatic heterocycles. The molecule has 1 aromatic rings. The molecule has 1 unspecified atom stereocenters. The standard InChI is InChI=1S/C17H21F3N2O2/c1-16(2,3)13-14(23)22(15(24)21-13)10-4-5-11-6-8-12(9-7-11)17(18,19)20/h6-9,13H,4-5,10H2,1-3H3,(H,21,24). The lowest BCUT2D eigenvalue weighted by Crippen LogP contribution is -2.41. The van der Waals surface area contributed by atoms with Crippen LogP contribution in [0.5, 0.6) is 0 Å². The van der Waals surface area contributed by atoms with Crippen molar-refractivity contribution in [2.45, 2.75) is 45.8 Å². The fraction of sp³-hybridized carbons (Fsp3) is 0.529. The highest BCUT2D eigenvalue weighted by molar-refractivity contribution is 6.04. The monoisotopic (exact) mass is 342 g/mol. The van der Waals surface area contributed by atoms with Gasteiger partial charge in [-0.15, -0.1) is 0 Å². The van der Waals surface area contributed by atoms with Crippen LogP contribution in [0.4, 0.5) is 18.0 Å². The highest BCUT2D eigenvalue weighted by atomic mass is 19.4. The normalized spacial score (nSPS) is 18.9. The van der Waals surface area contributed by atoms with Gasteiger partial charge in [0.05, 0.1) is 5.56 Å². The first-order chi connectivity index (χ1) is 11.0. The zero-order valence-corrected chi connectivity index (χ0v) is 13.9. The molecule has 0 aromatic heterocycles. The highest BCUT2D eigenvalue weighted by Crippen LogP contribution is 2.29. The van der Waals surface area contributed by atoms with Crippen LogP contribution in [-0.2, 0) is 17.4 Å². The second-order valence-electron chi connectivity index (χ2n) is 7.04. The summed E-state index contributed by atoms with van der Waals surface area (Å²) in [5, 5.41) is 2.68. The number of carbonyl (C=O) groups is 2. The van der Waals surface area contributed by atoms with Crippen molar-refractivity contribution in [2.24, 2.45) is 5.41 Å². The lowest BCUT2D eigenvalue weighted by molar-refractivity contribution is -0.137. The lowest BCUT2D eigenvalue weighted by atomic mass is 9.87. The number of urea groups is 1. The van der Waals surface area contributed by atoms with E-state index in [4.69, 9.17) is 0 Å². The Bertz CT molecular complexity index is 618. The van der Waals surface area contributed by atoms with E-state index >= 15 is 0 Å². The zero-order chi connectivity index (χ0) is 18.1. The third-order valence-electron chi connectivity index (χ3n) is 4.02. The van der Waals surface area contributed by atoms with Crippen LogP contribution in [0.3, 0.4) is 0 Å². The van der Waals surface area contributed by atoms with E-state index in [9.17, 15) is 22.8 Å². The number of nitrogens with zero attached hydrogens (tertiary/aromatic N) is 1. The van der Waals surface area contributed by atoms with E-state index in [1.165, 1.54) is 17.0 Å². The Kier molecular flexibility index (Phi) is 4.92. The van der Waals surface area contributed by atoms with E-state index in [2.05, 4.69) is 5.32 Å². The van der Waals surface area contributed by atoms with Crippen LogP contribution in [0.15, 0.2) is 24.3 Å². The van der Waals surface area contributed by atoms with Gasteiger partial charge in [-0.25, -0.2) is 4.79 Å². The van der Waals surface area contributed by atoms with Gasteiger partial charge in [-0.2, -0.15) is 13.2 Å². The summed E-state index contributed by atoms with van der Waals surface area (Å²) >= 11 is 0. The van der Waals surface area contributed by atoms with E-state index in [0.717, 1.165) is 17.7 Å². The second kappa shape index (κ2) is 6.45. The van der Waals surface area contributed by atoms with Gasteiger partial charge in [-0.3, -0.25) is 9.69 Å². The minimum absolute atomic E-state index is 0.248. The molecule has 0 aliphatic carbocycles. The quantitative estimate of drug-likeness (QED) is 0.850. The van der Waals surface area contributed by atoms with Crippen molar-refractivity contribution in [3.8, 4) is 0 Å². The first-order valence-corrected chi connectivity index (χ1v) is 7.78. The highest BCUT2D eigenvalue weighted by Gasteiger charge is 2.43. The van der Waals surface area contributed by atoms with Gasteiger partial charge in [0.2, 0.25) is 0 Å². The fourth-order valence-corrected chi connectivity index (χ4v) is 2.62. The summed E-state index contributed by atoms with van der Waals surface area (Å²) in [7, 11) is 0. The molecule has 1 saturated heterocycles. The average molecular weight is 342 g/mol. The predicted molar refractivity (Wildman–Crippen MR) is 83.3 cm³/mol. The smallest absolute Gasteiger partial charge is 0.325 e. The Balaban J connectivity index is 1.90. The lowest BCUT2D eigenvalue weighted by Gasteiger charge is -2.24. The number of imide groups is 1. The van der Waals surface area contributed by atoms with Crippen LogP contribution < -0.4 is 5.32 Å². The van der Waals surface area contributed by atoms with Crippen LogP contribution >= 0.6 is 0 Å². The van der Waals surface area contributed by atoms with E-state index in [1.807, 2.05) is 20.8 Å². The number of alkyl halides is 3. The van der Waals surface area contributed by atoms with Gasteiger partial charge in [-0.1, -0.05) is 32.9 Å². The predicted octanol–water partition coefficient (Wildman–Crippen LogP) is 3.60. The van der Waals surface area contributed by atoms with Crippen molar-refractivity contribution in [1.29, 1.82) is 0 Å². The molecule has 1 fully saturated rings. The molecule has 0 saturated carbocycles. The first-order valence-electron chi connectivity index (χ1n) is 7.78. The summed E-state index contributed by atoms with van der Waals surface area (Å²) in [6.07, 6.45) is -3.35. The van der Waals surface area contributed by atoms with Gasteiger partial charge in [-0.05, 0) is 36.0 Å². The molecule has 2 rings (SSSR count). The maximum Gasteiger partial charge on any atom is 0.416 e. The largest absolute Gasteiger partial charge is 0.416 e. The molecule has 0 radical (unpaired) electrons. The molecule has 1 aliphatic rings. The Morgan fingerprint density at radius 3 is 2.12 bits per heavy atom. The van der Waals surface area contributed by atoms with Gasteiger partial charge in [0, 0.05) is 6.54 Å². The Morgan fingerprint density at radius 1 is 1.08 bits per heavy atom. The number of hydrogen-bond donors (Lipinski definition) is 1. The van der Waals surface area contributed by atoms with Gasteiger partial charge in [0.25, 0.3) is 5.91 Å². The van der Waals surface area contributed by atoms with Crippen LogP contribution in [0.25, 0.3) is 0 Å². The van der Waals surface area contributed by atoms with Crippen molar-refractivity contribution in [3.05, 3.63) is 35.4 Å². The topological polar surface area (TPSA) is 49.4 Å². The number of carbonyl (C=O) groups excluding carboxylic acids is 2. The minimum atomic E-state index is -4.35. The number of hydrogen-bond acceptors (Lipinski definition) is 2. The average Bonchev–Trinajstić information content (AvgIpc) is 2.74. The number of halogens is 3. The Morgan fingerprint density at radius 2 is 1.67 bits per heavy atom. The fourth-order valence-electron chi connectivity index (χ4n) is 2.62.